The molecule has 4 heterocycles. The highest BCUT2D eigenvalue weighted by Crippen LogP contribution is 2.33. The number of aliphatic imine (C=N–C) groups is 1. The van der Waals surface area contributed by atoms with Gasteiger partial charge in [-0.3, -0.25) is 4.57 Å². The molecule has 0 aliphatic carbocycles. The number of benzene rings is 2. The van der Waals surface area contributed by atoms with Gasteiger partial charge in [-0.05, 0) is 35.9 Å². The van der Waals surface area contributed by atoms with Crippen molar-refractivity contribution in [1.82, 2.24) is 24.5 Å². The van der Waals surface area contributed by atoms with Crippen molar-refractivity contribution in [2.24, 2.45) is 4.99 Å². The summed E-state index contributed by atoms with van der Waals surface area (Å²) < 4.78 is 10.0. The predicted octanol–water partition coefficient (Wildman–Crippen LogP) is 4.29. The van der Waals surface area contributed by atoms with E-state index in [9.17, 15) is 0 Å². The summed E-state index contributed by atoms with van der Waals surface area (Å²) in [7, 11) is 0. The van der Waals surface area contributed by atoms with Gasteiger partial charge in [-0.25, -0.2) is 14.7 Å². The Morgan fingerprint density at radius 3 is 2.65 bits per heavy atom. The van der Waals surface area contributed by atoms with Crippen LogP contribution in [0.2, 0.25) is 10.0 Å². The molecule has 0 fully saturated rings. The maximum atomic E-state index is 6.25. The number of ether oxygens (including phenoxy) is 1. The third-order valence-electron chi connectivity index (χ3n) is 5.36. The van der Waals surface area contributed by atoms with Gasteiger partial charge in [-0.1, -0.05) is 40.5 Å². The van der Waals surface area contributed by atoms with E-state index in [2.05, 4.69) is 20.3 Å². The molecule has 0 unspecified atom stereocenters. The van der Waals surface area contributed by atoms with Gasteiger partial charge in [0.2, 0.25) is 5.90 Å². The first-order valence-electron chi connectivity index (χ1n) is 9.40. The topological polar surface area (TPSA) is 70.1 Å². The van der Waals surface area contributed by atoms with Gasteiger partial charge in [0.25, 0.3) is 0 Å². The smallest absolute Gasteiger partial charge is 0.238 e. The van der Waals surface area contributed by atoms with Crippen molar-refractivity contribution in [3.05, 3.63) is 87.7 Å². The van der Waals surface area contributed by atoms with Crippen molar-refractivity contribution in [3.63, 3.8) is 0 Å². The quantitative estimate of drug-likeness (QED) is 0.385. The van der Waals surface area contributed by atoms with Crippen LogP contribution in [0.1, 0.15) is 28.7 Å². The molecule has 4 aromatic rings. The number of hydrogen-bond donors (Lipinski definition) is 0. The second-order valence-corrected chi connectivity index (χ2v) is 8.03. The molecule has 1 atom stereocenters. The van der Waals surface area contributed by atoms with Gasteiger partial charge in [-0.15, -0.1) is 5.10 Å². The molecule has 2 aliphatic rings. The van der Waals surface area contributed by atoms with Crippen LogP contribution in [-0.2, 0) is 11.2 Å². The molecular weight excluding hydrogens is 455 g/mol. The lowest BCUT2D eigenvalue weighted by atomic mass is 10.1. The summed E-state index contributed by atoms with van der Waals surface area (Å²) in [4.78, 5) is 9.28. The zero-order chi connectivity index (χ0) is 20.2. The molecule has 10 heteroatoms. The van der Waals surface area contributed by atoms with Gasteiger partial charge in [0, 0.05) is 16.5 Å². The molecule has 0 saturated heterocycles. The van der Waals surface area contributed by atoms with Gasteiger partial charge in [-0.2, -0.15) is 13.5 Å². The molecule has 0 bridgehead atoms. The molecule has 2 aliphatic heterocycles. The Balaban J connectivity index is 0.00000204. The van der Waals surface area contributed by atoms with Crippen LogP contribution in [0, 0.1) is 0 Å². The van der Waals surface area contributed by atoms with Crippen molar-refractivity contribution in [2.75, 3.05) is 6.54 Å². The molecule has 0 radical (unpaired) electrons. The van der Waals surface area contributed by atoms with Crippen molar-refractivity contribution in [1.29, 1.82) is 0 Å². The number of aromatic nitrogens is 5. The Labute approximate surface area is 194 Å². The van der Waals surface area contributed by atoms with Crippen LogP contribution < -0.4 is 0 Å². The van der Waals surface area contributed by atoms with E-state index >= 15 is 0 Å². The molecule has 156 valence electrons. The zero-order valence-corrected chi connectivity index (χ0v) is 18.5. The highest BCUT2D eigenvalue weighted by molar-refractivity contribution is 7.59. The van der Waals surface area contributed by atoms with Gasteiger partial charge in [0.15, 0.2) is 0 Å². The first-order valence-corrected chi connectivity index (χ1v) is 10.2. The van der Waals surface area contributed by atoms with Gasteiger partial charge in [0.05, 0.1) is 35.5 Å². The van der Waals surface area contributed by atoms with Crippen LogP contribution in [0.3, 0.4) is 0 Å². The molecule has 0 spiro atoms. The fourth-order valence-corrected chi connectivity index (χ4v) is 4.20. The van der Waals surface area contributed by atoms with Crippen LogP contribution in [0.4, 0.5) is 0 Å². The first-order chi connectivity index (χ1) is 14.7. The van der Waals surface area contributed by atoms with Gasteiger partial charge >= 0.3 is 0 Å². The van der Waals surface area contributed by atoms with Gasteiger partial charge < -0.3 is 4.74 Å². The maximum Gasteiger partial charge on any atom is 0.238 e. The summed E-state index contributed by atoms with van der Waals surface area (Å²) in [5.74, 6) is 0.542. The third kappa shape index (κ3) is 3.31. The van der Waals surface area contributed by atoms with E-state index in [1.165, 1.54) is 0 Å². The molecule has 7 nitrogen and oxygen atoms in total. The van der Waals surface area contributed by atoms with Crippen molar-refractivity contribution >= 4 is 42.6 Å². The molecule has 6 rings (SSSR count). The second-order valence-electron chi connectivity index (χ2n) is 7.16. The SMILES string of the molecule is Clc1ccc([C@H]2CN=C(c3ncn4c3Cc3cnnn3-c3cc(Cl)ccc3-4)O2)cc1.S. The summed E-state index contributed by atoms with van der Waals surface area (Å²) in [5.41, 5.74) is 5.44. The zero-order valence-electron chi connectivity index (χ0n) is 16.0. The number of rotatable bonds is 2. The minimum atomic E-state index is -0.154. The molecule has 31 heavy (non-hydrogen) atoms. The van der Waals surface area contributed by atoms with E-state index in [0.29, 0.717) is 28.9 Å². The predicted molar refractivity (Wildman–Crippen MR) is 123 cm³/mol. The first kappa shape index (κ1) is 20.1. The van der Waals surface area contributed by atoms with Crippen molar-refractivity contribution < 1.29 is 4.74 Å². The minimum Gasteiger partial charge on any atom is -0.466 e. The molecule has 0 N–H and O–H groups in total. The number of halogens is 2. The molecule has 2 aromatic carbocycles. The fourth-order valence-electron chi connectivity index (χ4n) is 3.91. The van der Waals surface area contributed by atoms with Crippen LogP contribution in [0.25, 0.3) is 11.4 Å². The standard InChI is InChI=1S/C21H14Cl2N6O.H2S/c22-13-3-1-12(2-4-13)19-10-24-21(30-19)20-18-8-15-9-26-27-29(15)17-7-14(23)5-6-16(17)28(18)11-25-20;/h1-7,9,11,19H,8,10H2;1H2/t19-;/m1./s1. The molecule has 2 aromatic heterocycles. The minimum absolute atomic E-state index is 0. The lowest BCUT2D eigenvalue weighted by Crippen LogP contribution is -2.10. The number of imidazole rings is 1. The summed E-state index contributed by atoms with van der Waals surface area (Å²) in [6, 6.07) is 13.3. The molecular formula is C21H16Cl2N6OS. The Morgan fingerprint density at radius 2 is 1.81 bits per heavy atom. The second kappa shape index (κ2) is 7.71. The summed E-state index contributed by atoms with van der Waals surface area (Å²) in [6.07, 6.45) is 3.98. The average molecular weight is 471 g/mol. The average Bonchev–Trinajstić information content (AvgIpc) is 3.48. The van der Waals surface area contributed by atoms with Crippen LogP contribution in [0.5, 0.6) is 0 Å². The summed E-state index contributed by atoms with van der Waals surface area (Å²) >= 11 is 12.3. The van der Waals surface area contributed by atoms with E-state index in [0.717, 1.165) is 34.0 Å². The Kier molecular flexibility index (Phi) is 5.00. The molecule has 0 saturated carbocycles. The summed E-state index contributed by atoms with van der Waals surface area (Å²) in [6.45, 7) is 0.537. The van der Waals surface area contributed by atoms with Crippen molar-refractivity contribution in [2.45, 2.75) is 12.5 Å². The van der Waals surface area contributed by atoms with E-state index in [1.807, 2.05) is 51.7 Å². The Hall–Kier alpha value is -2.81. The lowest BCUT2D eigenvalue weighted by Gasteiger charge is -2.12. The van der Waals surface area contributed by atoms with Crippen LogP contribution in [-0.4, -0.2) is 37.0 Å². The fraction of sp³-hybridized carbons (Fsp3) is 0.143. The van der Waals surface area contributed by atoms with E-state index < -0.39 is 0 Å². The van der Waals surface area contributed by atoms with E-state index in [1.54, 1.807) is 12.5 Å². The van der Waals surface area contributed by atoms with Gasteiger partial charge in [0.1, 0.15) is 18.1 Å². The van der Waals surface area contributed by atoms with E-state index in [-0.39, 0.29) is 19.6 Å². The highest BCUT2D eigenvalue weighted by atomic mass is 35.5. The Bertz CT molecular complexity index is 1310. The number of nitrogens with zero attached hydrogens (tertiary/aromatic N) is 6. The Morgan fingerprint density at radius 1 is 1.00 bits per heavy atom. The summed E-state index contributed by atoms with van der Waals surface area (Å²) in [5, 5.41) is 9.66. The number of fused-ring (bicyclic) bond motifs is 5. The third-order valence-corrected chi connectivity index (χ3v) is 5.85. The lowest BCUT2D eigenvalue weighted by molar-refractivity contribution is 0.229. The normalized spacial score (nSPS) is 16.3. The molecule has 0 amide bonds. The largest absolute Gasteiger partial charge is 0.466 e. The maximum absolute atomic E-state index is 6.25. The van der Waals surface area contributed by atoms with Crippen LogP contribution in [0.15, 0.2) is 60.0 Å². The van der Waals surface area contributed by atoms with Crippen molar-refractivity contribution in [3.8, 4) is 11.4 Å². The highest BCUT2D eigenvalue weighted by Gasteiger charge is 2.30. The van der Waals surface area contributed by atoms with Crippen LogP contribution >= 0.6 is 36.7 Å². The monoisotopic (exact) mass is 470 g/mol. The van der Waals surface area contributed by atoms with E-state index in [4.69, 9.17) is 27.9 Å². The number of hydrogen-bond acceptors (Lipinski definition) is 5.